The van der Waals surface area contributed by atoms with Gasteiger partial charge in [0.05, 0.1) is 10.6 Å². The number of rotatable bonds is 4. The summed E-state index contributed by atoms with van der Waals surface area (Å²) in [4.78, 5) is 14.2. The molecule has 3 rings (SSSR count). The third-order valence-electron chi connectivity index (χ3n) is 4.57. The molecule has 150 valence electrons. The molecule has 0 bridgehead atoms. The number of halogens is 2. The van der Waals surface area contributed by atoms with Crippen LogP contribution in [0.15, 0.2) is 35.2 Å². The second kappa shape index (κ2) is 8.24. The molecule has 28 heavy (non-hydrogen) atoms. The van der Waals surface area contributed by atoms with Crippen molar-refractivity contribution < 1.29 is 13.2 Å². The number of carbonyl (C=O) groups excluding carboxylic acids is 1. The van der Waals surface area contributed by atoms with Crippen LogP contribution in [-0.2, 0) is 21.9 Å². The van der Waals surface area contributed by atoms with E-state index in [-0.39, 0.29) is 23.9 Å². The molecule has 0 N–H and O–H groups in total. The quantitative estimate of drug-likeness (QED) is 0.681. The Morgan fingerprint density at radius 2 is 1.86 bits per heavy atom. The zero-order valence-corrected chi connectivity index (χ0v) is 17.8. The van der Waals surface area contributed by atoms with E-state index in [0.717, 1.165) is 5.69 Å². The smallest absolute Gasteiger partial charge is 0.246 e. The van der Waals surface area contributed by atoms with Gasteiger partial charge in [-0.25, -0.2) is 8.42 Å². The van der Waals surface area contributed by atoms with E-state index in [1.165, 1.54) is 22.5 Å². The Hall–Kier alpha value is -1.87. The maximum absolute atomic E-state index is 12.7. The summed E-state index contributed by atoms with van der Waals surface area (Å²) in [5.41, 5.74) is 1.42. The fourth-order valence-corrected chi connectivity index (χ4v) is 4.98. The fourth-order valence-electron chi connectivity index (χ4n) is 3.02. The molecule has 1 amide bonds. The number of amides is 1. The molecule has 0 saturated carbocycles. The number of aryl methyl sites for hydroxylation is 2. The van der Waals surface area contributed by atoms with Crippen LogP contribution < -0.4 is 0 Å². The molecule has 1 fully saturated rings. The maximum atomic E-state index is 12.7. The Morgan fingerprint density at radius 3 is 2.43 bits per heavy atom. The third kappa shape index (κ3) is 4.25. The summed E-state index contributed by atoms with van der Waals surface area (Å²) in [7, 11) is -1.90. The van der Waals surface area contributed by atoms with E-state index in [9.17, 15) is 13.2 Å². The van der Waals surface area contributed by atoms with Crippen LogP contribution >= 0.6 is 23.2 Å². The van der Waals surface area contributed by atoms with Crippen LogP contribution in [0, 0.1) is 6.92 Å². The van der Waals surface area contributed by atoms with Crippen molar-refractivity contribution in [3.05, 3.63) is 51.8 Å². The van der Waals surface area contributed by atoms with Gasteiger partial charge in [-0.15, -0.1) is 0 Å². The molecule has 0 spiro atoms. The van der Waals surface area contributed by atoms with Crippen molar-refractivity contribution >= 4 is 45.2 Å². The first kappa shape index (κ1) is 20.9. The Labute approximate surface area is 174 Å². The molecule has 0 radical (unpaired) electrons. The first-order valence-electron chi connectivity index (χ1n) is 8.62. The predicted octanol–water partition coefficient (Wildman–Crippen LogP) is 2.58. The Bertz CT molecular complexity index is 1030. The summed E-state index contributed by atoms with van der Waals surface area (Å²) in [5, 5.41) is 5.02. The highest BCUT2D eigenvalue weighted by molar-refractivity contribution is 7.89. The van der Waals surface area contributed by atoms with Gasteiger partial charge in [0.1, 0.15) is 5.15 Å². The number of nitrogens with zero attached hydrogens (tertiary/aromatic N) is 4. The number of hydrogen-bond donors (Lipinski definition) is 0. The maximum Gasteiger partial charge on any atom is 0.246 e. The SMILES string of the molecule is Cc1nn(C)c(Cl)c1/C=C/C(=O)N1CCN(S(=O)(=O)c2cccc(Cl)c2)CC1. The first-order chi connectivity index (χ1) is 13.2. The van der Waals surface area contributed by atoms with Crippen molar-refractivity contribution in [1.82, 2.24) is 19.0 Å². The minimum atomic E-state index is -3.63. The van der Waals surface area contributed by atoms with Crippen molar-refractivity contribution in [2.24, 2.45) is 7.05 Å². The lowest BCUT2D eigenvalue weighted by Gasteiger charge is -2.33. The van der Waals surface area contributed by atoms with Gasteiger partial charge in [-0.3, -0.25) is 9.48 Å². The van der Waals surface area contributed by atoms with Gasteiger partial charge in [0.15, 0.2) is 0 Å². The minimum Gasteiger partial charge on any atom is -0.337 e. The van der Waals surface area contributed by atoms with Crippen LogP contribution in [0.5, 0.6) is 0 Å². The van der Waals surface area contributed by atoms with Crippen molar-refractivity contribution in [3.8, 4) is 0 Å². The van der Waals surface area contributed by atoms with E-state index >= 15 is 0 Å². The molecule has 1 aliphatic heterocycles. The normalized spacial score (nSPS) is 16.1. The molecule has 1 aromatic heterocycles. The summed E-state index contributed by atoms with van der Waals surface area (Å²) in [5.74, 6) is -0.195. The zero-order chi connectivity index (χ0) is 20.5. The second-order valence-electron chi connectivity index (χ2n) is 6.43. The van der Waals surface area contributed by atoms with Gasteiger partial charge in [0.2, 0.25) is 15.9 Å². The highest BCUT2D eigenvalue weighted by atomic mass is 35.5. The number of carbonyl (C=O) groups is 1. The van der Waals surface area contributed by atoms with Crippen LogP contribution in [-0.4, -0.2) is 59.5 Å². The fraction of sp³-hybridized carbons (Fsp3) is 0.333. The number of hydrogen-bond acceptors (Lipinski definition) is 4. The van der Waals surface area contributed by atoms with Gasteiger partial charge in [0.25, 0.3) is 0 Å². The number of benzene rings is 1. The Morgan fingerprint density at radius 1 is 1.18 bits per heavy atom. The van der Waals surface area contributed by atoms with Gasteiger partial charge in [-0.2, -0.15) is 9.40 Å². The average Bonchev–Trinajstić information content (AvgIpc) is 2.91. The topological polar surface area (TPSA) is 75.5 Å². The zero-order valence-electron chi connectivity index (χ0n) is 15.5. The second-order valence-corrected chi connectivity index (χ2v) is 9.17. The lowest BCUT2D eigenvalue weighted by atomic mass is 10.2. The molecule has 1 saturated heterocycles. The molecule has 0 aliphatic carbocycles. The average molecular weight is 443 g/mol. The summed E-state index contributed by atoms with van der Waals surface area (Å²) in [6.07, 6.45) is 3.08. The molecular weight excluding hydrogens is 423 g/mol. The van der Waals surface area contributed by atoms with Gasteiger partial charge >= 0.3 is 0 Å². The highest BCUT2D eigenvalue weighted by Gasteiger charge is 2.29. The summed E-state index contributed by atoms with van der Waals surface area (Å²) in [6, 6.07) is 6.17. The summed E-state index contributed by atoms with van der Waals surface area (Å²) in [6.45, 7) is 2.88. The minimum absolute atomic E-state index is 0.154. The monoisotopic (exact) mass is 442 g/mol. The Balaban J connectivity index is 1.65. The molecule has 2 aromatic rings. The van der Waals surface area contributed by atoms with Crippen LogP contribution in [0.4, 0.5) is 0 Å². The summed E-state index contributed by atoms with van der Waals surface area (Å²) >= 11 is 12.1. The number of piperazine rings is 1. The van der Waals surface area contributed by atoms with E-state index in [0.29, 0.717) is 28.8 Å². The predicted molar refractivity (Wildman–Crippen MR) is 109 cm³/mol. The molecular formula is C18H20Cl2N4O3S. The molecule has 1 aliphatic rings. The van der Waals surface area contributed by atoms with E-state index in [2.05, 4.69) is 5.10 Å². The lowest BCUT2D eigenvalue weighted by molar-refractivity contribution is -0.127. The molecule has 1 aromatic carbocycles. The molecule has 0 atom stereocenters. The van der Waals surface area contributed by atoms with Crippen LogP contribution in [0.3, 0.4) is 0 Å². The third-order valence-corrected chi connectivity index (χ3v) is 7.15. The van der Waals surface area contributed by atoms with Crippen LogP contribution in [0.2, 0.25) is 10.2 Å². The van der Waals surface area contributed by atoms with E-state index in [4.69, 9.17) is 23.2 Å². The van der Waals surface area contributed by atoms with Gasteiger partial charge in [-0.05, 0) is 31.2 Å². The van der Waals surface area contributed by atoms with E-state index < -0.39 is 10.0 Å². The van der Waals surface area contributed by atoms with Crippen molar-refractivity contribution in [2.45, 2.75) is 11.8 Å². The molecule has 10 heteroatoms. The molecule has 0 unspecified atom stereocenters. The van der Waals surface area contributed by atoms with Gasteiger partial charge in [-0.1, -0.05) is 29.3 Å². The summed E-state index contributed by atoms with van der Waals surface area (Å²) < 4.78 is 28.4. The standard InChI is InChI=1S/C18H20Cl2N4O3S/c1-13-16(18(20)22(2)21-13)6-7-17(25)23-8-10-24(11-9-23)28(26,27)15-5-3-4-14(19)12-15/h3-7,12H,8-11H2,1-2H3/b7-6+. The van der Waals surface area contributed by atoms with Crippen molar-refractivity contribution in [2.75, 3.05) is 26.2 Å². The van der Waals surface area contributed by atoms with Gasteiger partial charge in [0, 0.05) is 49.9 Å². The number of aromatic nitrogens is 2. The van der Waals surface area contributed by atoms with E-state index in [1.807, 2.05) is 6.92 Å². The first-order valence-corrected chi connectivity index (χ1v) is 10.8. The van der Waals surface area contributed by atoms with Crippen LogP contribution in [0.25, 0.3) is 6.08 Å². The van der Waals surface area contributed by atoms with Crippen molar-refractivity contribution in [1.29, 1.82) is 0 Å². The van der Waals surface area contributed by atoms with Crippen molar-refractivity contribution in [3.63, 3.8) is 0 Å². The van der Waals surface area contributed by atoms with E-state index in [1.54, 1.807) is 34.8 Å². The lowest BCUT2D eigenvalue weighted by Crippen LogP contribution is -2.50. The molecule has 7 nitrogen and oxygen atoms in total. The highest BCUT2D eigenvalue weighted by Crippen LogP contribution is 2.22. The van der Waals surface area contributed by atoms with Gasteiger partial charge < -0.3 is 4.90 Å². The Kier molecular flexibility index (Phi) is 6.14. The number of sulfonamides is 1. The molecule has 2 heterocycles. The largest absolute Gasteiger partial charge is 0.337 e. The van der Waals surface area contributed by atoms with Crippen LogP contribution in [0.1, 0.15) is 11.3 Å².